The summed E-state index contributed by atoms with van der Waals surface area (Å²) in [5.41, 5.74) is 0. The van der Waals surface area contributed by atoms with E-state index in [1.807, 2.05) is 14.1 Å². The Kier molecular flexibility index (Phi) is 9.11. The van der Waals surface area contributed by atoms with Crippen molar-refractivity contribution in [1.29, 1.82) is 0 Å². The molecule has 0 saturated heterocycles. The second-order valence-corrected chi connectivity index (χ2v) is 3.51. The minimum Gasteiger partial charge on any atom is -0.554 e. The van der Waals surface area contributed by atoms with Gasteiger partial charge in [-0.25, -0.2) is 0 Å². The van der Waals surface area contributed by atoms with Crippen LogP contribution in [-0.4, -0.2) is 61.1 Å². The summed E-state index contributed by atoms with van der Waals surface area (Å²) in [4.78, 5) is 8.25. The maximum atomic E-state index is 9.02. The first-order valence-corrected chi connectivity index (χ1v) is 4.06. The van der Waals surface area contributed by atoms with Crippen molar-refractivity contribution in [3.05, 3.63) is 0 Å². The Morgan fingerprint density at radius 1 is 1.54 bits per heavy atom. The van der Waals surface area contributed by atoms with E-state index < -0.39 is 6.47 Å². The van der Waals surface area contributed by atoms with Gasteiger partial charge in [-0.2, -0.15) is 0 Å². The minimum atomic E-state index is -0.500. The highest BCUT2D eigenvalue weighted by Crippen LogP contribution is 1.97. The first-order chi connectivity index (χ1) is 5.89. The summed E-state index contributed by atoms with van der Waals surface area (Å²) in [5.74, 6) is 0. The highest BCUT2D eigenvalue weighted by Gasteiger charge is 2.16. The number of aliphatic hydroxyl groups excluding tert-OH is 2. The lowest BCUT2D eigenvalue weighted by Crippen LogP contribution is -2.46. The molecule has 0 spiro atoms. The van der Waals surface area contributed by atoms with Crippen LogP contribution in [0.5, 0.6) is 0 Å². The molecule has 5 nitrogen and oxygen atoms in total. The first kappa shape index (κ1) is 14.9. The van der Waals surface area contributed by atoms with Crippen LogP contribution in [-0.2, 0) is 4.79 Å². The highest BCUT2D eigenvalue weighted by atomic mass is 16.3. The van der Waals surface area contributed by atoms with E-state index in [4.69, 9.17) is 20.1 Å². The van der Waals surface area contributed by atoms with Gasteiger partial charge in [-0.05, 0) is 6.92 Å². The molecule has 1 unspecified atom stereocenters. The SMILES string of the molecule is CC(O)C[N+](C)(C)CCO.O=C[O-]. The zero-order valence-corrected chi connectivity index (χ0v) is 8.43. The van der Waals surface area contributed by atoms with Crippen LogP contribution in [0.25, 0.3) is 0 Å². The van der Waals surface area contributed by atoms with E-state index in [0.29, 0.717) is 17.6 Å². The summed E-state index contributed by atoms with van der Waals surface area (Å²) in [6, 6.07) is 0. The fourth-order valence-corrected chi connectivity index (χ4v) is 1.08. The number of carboxylic acid groups (broad SMARTS) is 1. The van der Waals surface area contributed by atoms with Crippen LogP contribution in [0, 0.1) is 0 Å². The van der Waals surface area contributed by atoms with Gasteiger partial charge < -0.3 is 24.6 Å². The molecule has 0 aromatic heterocycles. The lowest BCUT2D eigenvalue weighted by molar-refractivity contribution is -0.893. The zero-order valence-electron chi connectivity index (χ0n) is 8.43. The van der Waals surface area contributed by atoms with E-state index >= 15 is 0 Å². The Hall–Kier alpha value is -0.650. The summed E-state index contributed by atoms with van der Waals surface area (Å²) >= 11 is 0. The molecule has 1 atom stereocenters. The minimum absolute atomic E-state index is 0.180. The monoisotopic (exact) mass is 193 g/mol. The van der Waals surface area contributed by atoms with Gasteiger partial charge in [0.25, 0.3) is 0 Å². The number of quaternary nitrogens is 1. The van der Waals surface area contributed by atoms with E-state index in [1.54, 1.807) is 6.92 Å². The van der Waals surface area contributed by atoms with Crippen LogP contribution in [0.1, 0.15) is 6.92 Å². The number of hydrogen-bond acceptors (Lipinski definition) is 4. The van der Waals surface area contributed by atoms with Crippen molar-refractivity contribution >= 4 is 6.47 Å². The van der Waals surface area contributed by atoms with Crippen LogP contribution < -0.4 is 5.11 Å². The van der Waals surface area contributed by atoms with Gasteiger partial charge in [0.2, 0.25) is 0 Å². The molecule has 0 fully saturated rings. The van der Waals surface area contributed by atoms with E-state index in [0.717, 1.165) is 0 Å². The maximum Gasteiger partial charge on any atom is 0.104 e. The highest BCUT2D eigenvalue weighted by molar-refractivity contribution is 5.29. The molecule has 0 aliphatic carbocycles. The number of hydrogen-bond donors (Lipinski definition) is 2. The number of aliphatic hydroxyl groups is 2. The summed E-state index contributed by atoms with van der Waals surface area (Å²) in [7, 11) is 3.98. The van der Waals surface area contributed by atoms with E-state index in [2.05, 4.69) is 0 Å². The molecule has 0 aromatic carbocycles. The topological polar surface area (TPSA) is 80.6 Å². The molecule has 13 heavy (non-hydrogen) atoms. The second-order valence-electron chi connectivity index (χ2n) is 3.51. The lowest BCUT2D eigenvalue weighted by Gasteiger charge is -2.29. The van der Waals surface area contributed by atoms with Crippen molar-refractivity contribution in [1.82, 2.24) is 0 Å². The number of carbonyl (C=O) groups excluding carboxylic acids is 1. The number of carbonyl (C=O) groups is 1. The Bertz CT molecular complexity index is 125. The van der Waals surface area contributed by atoms with Crippen molar-refractivity contribution in [3.63, 3.8) is 0 Å². The van der Waals surface area contributed by atoms with Crippen LogP contribution >= 0.6 is 0 Å². The summed E-state index contributed by atoms with van der Waals surface area (Å²) in [6.45, 7) is 2.84. The Morgan fingerprint density at radius 3 is 2.15 bits per heavy atom. The molecule has 0 radical (unpaired) electrons. The average Bonchev–Trinajstić information content (AvgIpc) is 1.84. The van der Waals surface area contributed by atoms with Gasteiger partial charge in [0.05, 0.1) is 20.7 Å². The molecule has 0 amide bonds. The van der Waals surface area contributed by atoms with Gasteiger partial charge in [-0.15, -0.1) is 0 Å². The third kappa shape index (κ3) is 14.2. The van der Waals surface area contributed by atoms with Gasteiger partial charge in [-0.3, -0.25) is 0 Å². The smallest absolute Gasteiger partial charge is 0.104 e. The van der Waals surface area contributed by atoms with Gasteiger partial charge in [0.1, 0.15) is 19.2 Å². The van der Waals surface area contributed by atoms with Crippen LogP contribution in [0.15, 0.2) is 0 Å². The maximum absolute atomic E-state index is 9.02. The predicted octanol–water partition coefficient (Wildman–Crippen LogP) is -2.20. The second kappa shape index (κ2) is 7.97. The standard InChI is InChI=1S/C7H18NO2.CH2O2/c1-7(10)6-8(2,3)4-5-9;2-1-3/h7,9-10H,4-6H2,1-3H3;1H,(H,2,3)/q+1;/p-1. The van der Waals surface area contributed by atoms with E-state index in [-0.39, 0.29) is 12.7 Å². The van der Waals surface area contributed by atoms with Crippen molar-refractivity contribution in [2.45, 2.75) is 13.0 Å². The molecule has 0 rings (SSSR count). The molecule has 2 N–H and O–H groups in total. The molecule has 0 saturated carbocycles. The van der Waals surface area contributed by atoms with E-state index in [1.165, 1.54) is 0 Å². The van der Waals surface area contributed by atoms with Crippen LogP contribution in [0.4, 0.5) is 0 Å². The fraction of sp³-hybridized carbons (Fsp3) is 0.875. The molecular formula is C8H19NO4. The van der Waals surface area contributed by atoms with Gasteiger partial charge in [-0.1, -0.05) is 0 Å². The molecule has 0 aliphatic heterocycles. The van der Waals surface area contributed by atoms with Gasteiger partial charge >= 0.3 is 0 Å². The lowest BCUT2D eigenvalue weighted by atomic mass is 10.3. The summed E-state index contributed by atoms with van der Waals surface area (Å²) in [6.07, 6.45) is -0.290. The average molecular weight is 193 g/mol. The predicted molar refractivity (Wildman–Crippen MR) is 46.7 cm³/mol. The largest absolute Gasteiger partial charge is 0.554 e. The summed E-state index contributed by atoms with van der Waals surface area (Å²) < 4.78 is 0.675. The molecule has 5 heteroatoms. The van der Waals surface area contributed by atoms with Crippen molar-refractivity contribution in [3.8, 4) is 0 Å². The third-order valence-corrected chi connectivity index (χ3v) is 1.46. The van der Waals surface area contributed by atoms with E-state index in [9.17, 15) is 0 Å². The molecule has 0 bridgehead atoms. The fourth-order valence-electron chi connectivity index (χ4n) is 1.08. The summed E-state index contributed by atoms with van der Waals surface area (Å²) in [5, 5.41) is 25.9. The van der Waals surface area contributed by atoms with Crippen molar-refractivity contribution < 1.29 is 24.6 Å². The quantitative estimate of drug-likeness (QED) is 0.392. The molecule has 0 aliphatic rings. The molecule has 0 heterocycles. The number of nitrogens with zero attached hydrogens (tertiary/aromatic N) is 1. The Balaban J connectivity index is 0. The molecule has 80 valence electrons. The Labute approximate surface area is 78.8 Å². The van der Waals surface area contributed by atoms with Gasteiger partial charge in [0, 0.05) is 6.47 Å². The first-order valence-electron chi connectivity index (χ1n) is 4.06. The zero-order chi connectivity index (χ0) is 10.9. The number of rotatable bonds is 4. The van der Waals surface area contributed by atoms with Gasteiger partial charge in [0.15, 0.2) is 0 Å². The van der Waals surface area contributed by atoms with Crippen LogP contribution in [0.3, 0.4) is 0 Å². The normalized spacial score (nSPS) is 12.7. The Morgan fingerprint density at radius 2 is 1.92 bits per heavy atom. The number of likely N-dealkylation sites (N-methyl/N-ethyl adjacent to an activating group) is 1. The molecular weight excluding hydrogens is 174 g/mol. The third-order valence-electron chi connectivity index (χ3n) is 1.46. The van der Waals surface area contributed by atoms with Crippen molar-refractivity contribution in [2.24, 2.45) is 0 Å². The van der Waals surface area contributed by atoms with Crippen LogP contribution in [0.2, 0.25) is 0 Å². The van der Waals surface area contributed by atoms with Crippen molar-refractivity contribution in [2.75, 3.05) is 33.8 Å². The molecule has 0 aromatic rings.